The van der Waals surface area contributed by atoms with E-state index in [0.717, 1.165) is 17.2 Å². The molecule has 3 aromatic rings. The first-order chi connectivity index (χ1) is 11.2. The Labute approximate surface area is 140 Å². The highest BCUT2D eigenvalue weighted by molar-refractivity contribution is 7.80. The maximum absolute atomic E-state index is 5.58. The molecule has 0 bridgehead atoms. The molecular weight excluding hydrogens is 308 g/mol. The smallest absolute Gasteiger partial charge is 0.174 e. The van der Waals surface area contributed by atoms with Crippen LogP contribution in [0.15, 0.2) is 69.9 Å². The van der Waals surface area contributed by atoms with Crippen LogP contribution in [-0.2, 0) is 13.1 Å². The highest BCUT2D eigenvalue weighted by atomic mass is 32.1. The van der Waals surface area contributed by atoms with Crippen LogP contribution in [0.2, 0.25) is 0 Å². The Balaban J connectivity index is 1.74. The molecule has 1 N–H and O–H groups in total. The summed E-state index contributed by atoms with van der Waals surface area (Å²) in [5, 5.41) is 3.91. The maximum Gasteiger partial charge on any atom is 0.174 e. The number of benzene rings is 1. The van der Waals surface area contributed by atoms with Crippen LogP contribution in [-0.4, -0.2) is 10.0 Å². The molecule has 0 aliphatic carbocycles. The second kappa shape index (κ2) is 7.15. The zero-order chi connectivity index (χ0) is 16.1. The van der Waals surface area contributed by atoms with Crippen molar-refractivity contribution in [1.29, 1.82) is 0 Å². The van der Waals surface area contributed by atoms with Gasteiger partial charge in [-0.3, -0.25) is 0 Å². The Bertz CT molecular complexity index is 715. The summed E-state index contributed by atoms with van der Waals surface area (Å²) in [5.41, 5.74) is 2.15. The number of aryl methyl sites for hydroxylation is 1. The van der Waals surface area contributed by atoms with Crippen molar-refractivity contribution in [2.75, 3.05) is 5.32 Å². The molecule has 0 radical (unpaired) electrons. The van der Waals surface area contributed by atoms with E-state index in [1.165, 1.54) is 5.56 Å². The lowest BCUT2D eigenvalue weighted by molar-refractivity contribution is 0.329. The van der Waals surface area contributed by atoms with Crippen molar-refractivity contribution >= 4 is 23.0 Å². The SMILES string of the molecule is Cc1cccc(NC(=S)N(Cc2ccco2)Cc2ccco2)c1. The minimum Gasteiger partial charge on any atom is -0.467 e. The lowest BCUT2D eigenvalue weighted by Gasteiger charge is -2.24. The summed E-state index contributed by atoms with van der Waals surface area (Å²) in [6.45, 7) is 3.20. The minimum atomic E-state index is 0.575. The number of hydrogen-bond donors (Lipinski definition) is 1. The Kier molecular flexibility index (Phi) is 4.78. The number of thiocarbonyl (C=S) groups is 1. The van der Waals surface area contributed by atoms with Crippen LogP contribution in [0.1, 0.15) is 17.1 Å². The second-order valence-corrected chi connectivity index (χ2v) is 5.70. The van der Waals surface area contributed by atoms with Crippen LogP contribution in [0, 0.1) is 6.92 Å². The topological polar surface area (TPSA) is 41.5 Å². The summed E-state index contributed by atoms with van der Waals surface area (Å²) in [6.07, 6.45) is 3.33. The van der Waals surface area contributed by atoms with Crippen molar-refractivity contribution in [1.82, 2.24) is 4.90 Å². The molecule has 0 aliphatic heterocycles. The fraction of sp³-hybridized carbons (Fsp3) is 0.167. The molecule has 1 aromatic carbocycles. The molecule has 0 fully saturated rings. The Morgan fingerprint density at radius 1 is 1.00 bits per heavy atom. The molecule has 2 heterocycles. The molecule has 0 atom stereocenters. The van der Waals surface area contributed by atoms with E-state index in [0.29, 0.717) is 18.2 Å². The van der Waals surface area contributed by atoms with Crippen LogP contribution in [0.25, 0.3) is 0 Å². The van der Waals surface area contributed by atoms with E-state index < -0.39 is 0 Å². The van der Waals surface area contributed by atoms with Gasteiger partial charge in [0, 0.05) is 5.69 Å². The van der Waals surface area contributed by atoms with E-state index >= 15 is 0 Å². The number of anilines is 1. The summed E-state index contributed by atoms with van der Waals surface area (Å²) in [5.74, 6) is 1.70. The second-order valence-electron chi connectivity index (χ2n) is 5.31. The van der Waals surface area contributed by atoms with Crippen LogP contribution in [0.5, 0.6) is 0 Å². The van der Waals surface area contributed by atoms with Crippen LogP contribution >= 0.6 is 12.2 Å². The van der Waals surface area contributed by atoms with E-state index in [-0.39, 0.29) is 0 Å². The van der Waals surface area contributed by atoms with Gasteiger partial charge in [-0.2, -0.15) is 0 Å². The van der Waals surface area contributed by atoms with Crippen LogP contribution < -0.4 is 5.32 Å². The summed E-state index contributed by atoms with van der Waals surface area (Å²) >= 11 is 5.58. The van der Waals surface area contributed by atoms with Gasteiger partial charge in [0.2, 0.25) is 0 Å². The van der Waals surface area contributed by atoms with Crippen molar-refractivity contribution in [3.63, 3.8) is 0 Å². The minimum absolute atomic E-state index is 0.575. The molecule has 3 rings (SSSR count). The number of furan rings is 2. The molecule has 5 heteroatoms. The zero-order valence-electron chi connectivity index (χ0n) is 12.9. The molecular formula is C18H18N2O2S. The third kappa shape index (κ3) is 4.23. The Hall–Kier alpha value is -2.53. The van der Waals surface area contributed by atoms with Gasteiger partial charge in [-0.25, -0.2) is 0 Å². The molecule has 0 unspecified atom stereocenters. The maximum atomic E-state index is 5.58. The molecule has 0 aliphatic rings. The predicted octanol–water partition coefficient (Wildman–Crippen LogP) is 4.58. The van der Waals surface area contributed by atoms with Crippen molar-refractivity contribution in [2.24, 2.45) is 0 Å². The fourth-order valence-electron chi connectivity index (χ4n) is 2.31. The highest BCUT2D eigenvalue weighted by Crippen LogP contribution is 2.15. The van der Waals surface area contributed by atoms with Crippen molar-refractivity contribution in [3.8, 4) is 0 Å². The highest BCUT2D eigenvalue weighted by Gasteiger charge is 2.14. The number of hydrogen-bond acceptors (Lipinski definition) is 3. The van der Waals surface area contributed by atoms with Gasteiger partial charge in [-0.05, 0) is 61.1 Å². The van der Waals surface area contributed by atoms with Crippen molar-refractivity contribution < 1.29 is 8.83 Å². The third-order valence-corrected chi connectivity index (χ3v) is 3.77. The number of nitrogens with one attached hydrogen (secondary N) is 1. The first-order valence-electron chi connectivity index (χ1n) is 7.38. The fourth-order valence-corrected chi connectivity index (χ4v) is 2.55. The number of nitrogens with zero attached hydrogens (tertiary/aromatic N) is 1. The Morgan fingerprint density at radius 3 is 2.17 bits per heavy atom. The molecule has 23 heavy (non-hydrogen) atoms. The Morgan fingerprint density at radius 2 is 1.65 bits per heavy atom. The van der Waals surface area contributed by atoms with Gasteiger partial charge in [0.25, 0.3) is 0 Å². The lowest BCUT2D eigenvalue weighted by atomic mass is 10.2. The quantitative estimate of drug-likeness (QED) is 0.695. The molecule has 0 saturated heterocycles. The molecule has 0 spiro atoms. The van der Waals surface area contributed by atoms with Gasteiger partial charge in [0.1, 0.15) is 11.5 Å². The van der Waals surface area contributed by atoms with Gasteiger partial charge in [0.05, 0.1) is 25.6 Å². The molecule has 2 aromatic heterocycles. The van der Waals surface area contributed by atoms with Crippen molar-refractivity contribution in [3.05, 3.63) is 78.1 Å². The van der Waals surface area contributed by atoms with E-state index in [9.17, 15) is 0 Å². The van der Waals surface area contributed by atoms with E-state index in [2.05, 4.69) is 24.4 Å². The summed E-state index contributed by atoms with van der Waals surface area (Å²) < 4.78 is 10.9. The lowest BCUT2D eigenvalue weighted by Crippen LogP contribution is -2.33. The summed E-state index contributed by atoms with van der Waals surface area (Å²) in [6, 6.07) is 15.7. The average molecular weight is 326 g/mol. The standard InChI is InChI=1S/C18H18N2O2S/c1-14-5-2-6-15(11-14)19-18(23)20(12-16-7-3-9-21-16)13-17-8-4-10-22-17/h2-11H,12-13H2,1H3,(H,19,23). The average Bonchev–Trinajstić information content (AvgIpc) is 3.20. The molecule has 0 saturated carbocycles. The molecule has 4 nitrogen and oxygen atoms in total. The van der Waals surface area contributed by atoms with E-state index in [4.69, 9.17) is 21.1 Å². The van der Waals surface area contributed by atoms with Crippen LogP contribution in [0.3, 0.4) is 0 Å². The van der Waals surface area contributed by atoms with E-state index in [1.807, 2.05) is 41.3 Å². The summed E-state index contributed by atoms with van der Waals surface area (Å²) in [7, 11) is 0. The number of rotatable bonds is 5. The predicted molar refractivity (Wildman–Crippen MR) is 94.1 cm³/mol. The first-order valence-corrected chi connectivity index (χ1v) is 7.79. The van der Waals surface area contributed by atoms with Gasteiger partial charge >= 0.3 is 0 Å². The van der Waals surface area contributed by atoms with Crippen LogP contribution in [0.4, 0.5) is 5.69 Å². The molecule has 118 valence electrons. The van der Waals surface area contributed by atoms with Gasteiger partial charge in [0.15, 0.2) is 5.11 Å². The molecule has 0 amide bonds. The van der Waals surface area contributed by atoms with Gasteiger partial charge in [-0.1, -0.05) is 12.1 Å². The van der Waals surface area contributed by atoms with Crippen molar-refractivity contribution in [2.45, 2.75) is 20.0 Å². The normalized spacial score (nSPS) is 10.5. The first kappa shape index (κ1) is 15.4. The zero-order valence-corrected chi connectivity index (χ0v) is 13.7. The van der Waals surface area contributed by atoms with Gasteiger partial charge in [-0.15, -0.1) is 0 Å². The monoisotopic (exact) mass is 326 g/mol. The van der Waals surface area contributed by atoms with Gasteiger partial charge < -0.3 is 19.1 Å². The largest absolute Gasteiger partial charge is 0.467 e. The summed E-state index contributed by atoms with van der Waals surface area (Å²) in [4.78, 5) is 2.01. The van der Waals surface area contributed by atoms with E-state index in [1.54, 1.807) is 12.5 Å². The third-order valence-electron chi connectivity index (χ3n) is 3.41.